The summed E-state index contributed by atoms with van der Waals surface area (Å²) in [5, 5.41) is 12.3. The van der Waals surface area contributed by atoms with Crippen molar-refractivity contribution in [2.45, 2.75) is 60.0 Å². The maximum absolute atomic E-state index is 12.7. The van der Waals surface area contributed by atoms with E-state index >= 15 is 0 Å². The summed E-state index contributed by atoms with van der Waals surface area (Å²) in [5.74, 6) is 0.786. The van der Waals surface area contributed by atoms with Gasteiger partial charge in [-0.25, -0.2) is 0 Å². The van der Waals surface area contributed by atoms with Gasteiger partial charge in [0.15, 0.2) is 5.82 Å². The van der Waals surface area contributed by atoms with Crippen molar-refractivity contribution in [3.05, 3.63) is 46.7 Å². The Morgan fingerprint density at radius 3 is 2.81 bits per heavy atom. The largest absolute Gasteiger partial charge is 0.358 e. The predicted molar refractivity (Wildman–Crippen MR) is 103 cm³/mol. The highest BCUT2D eigenvalue weighted by Gasteiger charge is 2.18. The van der Waals surface area contributed by atoms with Crippen LogP contribution in [0.1, 0.15) is 54.5 Å². The van der Waals surface area contributed by atoms with Gasteiger partial charge in [-0.15, -0.1) is 10.2 Å². The molecule has 0 aliphatic heterocycles. The topological polar surface area (TPSA) is 75.6 Å². The van der Waals surface area contributed by atoms with Gasteiger partial charge in [-0.3, -0.25) is 4.79 Å². The number of aromatic nitrogens is 4. The Bertz CT molecular complexity index is 937. The molecule has 1 atom stereocenters. The number of carbonyl (C=O) groups is 1. The lowest BCUT2D eigenvalue weighted by atomic mass is 10.0. The second kappa shape index (κ2) is 7.32. The number of rotatable bonds is 6. The van der Waals surface area contributed by atoms with Crippen LogP contribution in [0, 0.1) is 20.8 Å². The number of hydrogen-bond acceptors (Lipinski definition) is 3. The molecule has 0 spiro atoms. The highest BCUT2D eigenvalue weighted by atomic mass is 16.1. The minimum absolute atomic E-state index is 0.00768. The zero-order valence-electron chi connectivity index (χ0n) is 16.2. The van der Waals surface area contributed by atoms with Crippen LogP contribution in [0.2, 0.25) is 0 Å². The Kier molecular flexibility index (Phi) is 5.11. The fraction of sp³-hybridized carbons (Fsp3) is 0.450. The van der Waals surface area contributed by atoms with Gasteiger partial charge in [-0.1, -0.05) is 18.6 Å². The third-order valence-corrected chi connectivity index (χ3v) is 4.78. The zero-order valence-corrected chi connectivity index (χ0v) is 16.2. The molecule has 0 unspecified atom stereocenters. The first-order chi connectivity index (χ1) is 12.4. The first-order valence-corrected chi connectivity index (χ1v) is 9.16. The molecule has 0 aliphatic carbocycles. The van der Waals surface area contributed by atoms with Crippen molar-refractivity contribution >= 4 is 16.8 Å². The first kappa shape index (κ1) is 18.2. The predicted octanol–water partition coefficient (Wildman–Crippen LogP) is 3.51. The van der Waals surface area contributed by atoms with Gasteiger partial charge in [0.05, 0.1) is 12.5 Å². The van der Waals surface area contributed by atoms with E-state index in [-0.39, 0.29) is 11.9 Å². The fourth-order valence-electron chi connectivity index (χ4n) is 3.59. The van der Waals surface area contributed by atoms with Gasteiger partial charge < -0.3 is 14.9 Å². The number of carbonyl (C=O) groups excluding carboxylic acids is 1. The number of amides is 1. The highest BCUT2D eigenvalue weighted by molar-refractivity contribution is 5.92. The molecule has 26 heavy (non-hydrogen) atoms. The number of hydrogen-bond donors (Lipinski definition) is 2. The molecule has 0 saturated carbocycles. The molecular weight excluding hydrogens is 326 g/mol. The molecule has 6 heteroatoms. The quantitative estimate of drug-likeness (QED) is 0.712. The van der Waals surface area contributed by atoms with E-state index in [1.165, 1.54) is 11.1 Å². The molecule has 3 rings (SSSR count). The normalized spacial score (nSPS) is 12.5. The molecule has 1 aromatic carbocycles. The third-order valence-electron chi connectivity index (χ3n) is 4.78. The highest BCUT2D eigenvalue weighted by Crippen LogP contribution is 2.27. The van der Waals surface area contributed by atoms with Crippen LogP contribution in [-0.2, 0) is 17.8 Å². The molecule has 1 amide bonds. The van der Waals surface area contributed by atoms with Crippen LogP contribution < -0.4 is 5.32 Å². The minimum Gasteiger partial charge on any atom is -0.358 e. The molecule has 2 heterocycles. The second-order valence-corrected chi connectivity index (χ2v) is 7.08. The molecule has 2 N–H and O–H groups in total. The van der Waals surface area contributed by atoms with Crippen LogP contribution >= 0.6 is 0 Å². The molecule has 138 valence electrons. The Morgan fingerprint density at radius 1 is 1.31 bits per heavy atom. The summed E-state index contributed by atoms with van der Waals surface area (Å²) in [6, 6.07) is 4.13. The summed E-state index contributed by atoms with van der Waals surface area (Å²) in [6.45, 7) is 11.1. The number of fused-ring (bicyclic) bond motifs is 1. The fourth-order valence-corrected chi connectivity index (χ4v) is 3.59. The number of H-pyrrole nitrogens is 1. The van der Waals surface area contributed by atoms with Gasteiger partial charge in [0.25, 0.3) is 0 Å². The maximum Gasteiger partial charge on any atom is 0.225 e. The molecule has 0 radical (unpaired) electrons. The van der Waals surface area contributed by atoms with Gasteiger partial charge in [-0.2, -0.15) is 0 Å². The Morgan fingerprint density at radius 2 is 2.08 bits per heavy atom. The van der Waals surface area contributed by atoms with Crippen molar-refractivity contribution in [2.75, 3.05) is 0 Å². The summed E-state index contributed by atoms with van der Waals surface area (Å²) in [6.07, 6.45) is 3.07. The molecule has 0 bridgehead atoms. The van der Waals surface area contributed by atoms with E-state index in [0.29, 0.717) is 6.42 Å². The lowest BCUT2D eigenvalue weighted by molar-refractivity contribution is -0.121. The first-order valence-electron chi connectivity index (χ1n) is 9.16. The lowest BCUT2D eigenvalue weighted by Crippen LogP contribution is -2.30. The average molecular weight is 353 g/mol. The summed E-state index contributed by atoms with van der Waals surface area (Å²) in [5.41, 5.74) is 5.64. The number of aromatic amines is 1. The molecular formula is C20H27N5O. The van der Waals surface area contributed by atoms with Gasteiger partial charge >= 0.3 is 0 Å². The van der Waals surface area contributed by atoms with Gasteiger partial charge in [0, 0.05) is 23.1 Å². The van der Waals surface area contributed by atoms with E-state index in [0.717, 1.165) is 41.0 Å². The minimum atomic E-state index is -0.175. The number of aryl methyl sites for hydroxylation is 4. The number of nitrogens with one attached hydrogen (secondary N) is 2. The van der Waals surface area contributed by atoms with Crippen molar-refractivity contribution in [2.24, 2.45) is 0 Å². The van der Waals surface area contributed by atoms with E-state index in [4.69, 9.17) is 0 Å². The molecule has 6 nitrogen and oxygen atoms in total. The van der Waals surface area contributed by atoms with E-state index in [1.807, 2.05) is 18.4 Å². The van der Waals surface area contributed by atoms with Crippen LogP contribution in [0.3, 0.4) is 0 Å². The second-order valence-electron chi connectivity index (χ2n) is 7.08. The Balaban J connectivity index is 1.79. The summed E-state index contributed by atoms with van der Waals surface area (Å²) in [7, 11) is 0. The van der Waals surface area contributed by atoms with Gasteiger partial charge in [0.1, 0.15) is 6.33 Å². The zero-order chi connectivity index (χ0) is 18.8. The smallest absolute Gasteiger partial charge is 0.225 e. The van der Waals surface area contributed by atoms with Crippen LogP contribution in [0.15, 0.2) is 18.5 Å². The molecule has 3 aromatic rings. The standard InChI is InChI=1S/C20H27N5O/c1-6-7-25-11-21-24-20(25)15(5)22-18(26)10-16-14(4)23-19-13(3)8-12(2)9-17(16)19/h8-9,11,15,23H,6-7,10H2,1-5H3,(H,22,26)/t15-/m0/s1. The van der Waals surface area contributed by atoms with Crippen molar-refractivity contribution < 1.29 is 4.79 Å². The van der Waals surface area contributed by atoms with Crippen molar-refractivity contribution in [3.8, 4) is 0 Å². The lowest BCUT2D eigenvalue weighted by Gasteiger charge is -2.14. The Labute approximate surface area is 154 Å². The van der Waals surface area contributed by atoms with Crippen molar-refractivity contribution in [3.63, 3.8) is 0 Å². The van der Waals surface area contributed by atoms with Crippen LogP contribution in [0.4, 0.5) is 0 Å². The average Bonchev–Trinajstić information content (AvgIpc) is 3.14. The van der Waals surface area contributed by atoms with E-state index in [1.54, 1.807) is 6.33 Å². The van der Waals surface area contributed by atoms with Crippen molar-refractivity contribution in [1.29, 1.82) is 0 Å². The maximum atomic E-state index is 12.7. The van der Waals surface area contributed by atoms with Crippen LogP contribution in [-0.4, -0.2) is 25.7 Å². The Hall–Kier alpha value is -2.63. The molecule has 0 fully saturated rings. The van der Waals surface area contributed by atoms with Crippen LogP contribution in [0.5, 0.6) is 0 Å². The molecule has 0 saturated heterocycles. The monoisotopic (exact) mass is 353 g/mol. The van der Waals surface area contributed by atoms with Gasteiger partial charge in [-0.05, 0) is 51.3 Å². The van der Waals surface area contributed by atoms with E-state index < -0.39 is 0 Å². The van der Waals surface area contributed by atoms with Crippen LogP contribution in [0.25, 0.3) is 10.9 Å². The summed E-state index contributed by atoms with van der Waals surface area (Å²) in [4.78, 5) is 16.1. The van der Waals surface area contributed by atoms with E-state index in [2.05, 4.69) is 53.4 Å². The summed E-state index contributed by atoms with van der Waals surface area (Å²) < 4.78 is 1.99. The SMILES string of the molecule is CCCn1cnnc1[C@H](C)NC(=O)Cc1c(C)[nH]c2c(C)cc(C)cc12. The molecule has 0 aliphatic rings. The van der Waals surface area contributed by atoms with E-state index in [9.17, 15) is 4.79 Å². The third kappa shape index (κ3) is 3.49. The molecule has 2 aromatic heterocycles. The van der Waals surface area contributed by atoms with Crippen molar-refractivity contribution in [1.82, 2.24) is 25.1 Å². The number of benzene rings is 1. The van der Waals surface area contributed by atoms with Gasteiger partial charge in [0.2, 0.25) is 5.91 Å². The number of nitrogens with zero attached hydrogens (tertiary/aromatic N) is 3. The summed E-state index contributed by atoms with van der Waals surface area (Å²) >= 11 is 0.